The molecule has 15 atom stereocenters. The van der Waals surface area contributed by atoms with Crippen molar-refractivity contribution in [3.8, 4) is 11.8 Å². The van der Waals surface area contributed by atoms with Gasteiger partial charge in [0.15, 0.2) is 5.78 Å². The van der Waals surface area contributed by atoms with Gasteiger partial charge in [0.25, 0.3) is 0 Å². The average Bonchev–Trinajstić information content (AvgIpc) is 3.74. The summed E-state index contributed by atoms with van der Waals surface area (Å²) in [6.45, 7) is 4.74. The third kappa shape index (κ3) is 5.72. The Morgan fingerprint density at radius 1 is 0.983 bits per heavy atom. The van der Waals surface area contributed by atoms with Crippen molar-refractivity contribution in [2.75, 3.05) is 33.5 Å². The number of nitrogens with zero attached hydrogens (tertiary/aromatic N) is 1. The molecular formula is C45H66N2O11. The molecule has 5 heterocycles. The Bertz CT molecular complexity index is 1730. The second kappa shape index (κ2) is 14.6. The van der Waals surface area contributed by atoms with Gasteiger partial charge in [0, 0.05) is 63.1 Å². The zero-order chi connectivity index (χ0) is 41.0. The van der Waals surface area contributed by atoms with Crippen LogP contribution in [0.1, 0.15) is 110 Å². The topological polar surface area (TPSA) is 198 Å². The molecule has 0 aromatic rings. The number of hydrogen-bond donors (Lipinski definition) is 7. The molecule has 0 radical (unpaired) electrons. The standard InChI is InChI=1S/C45H66N2O11/c1-40-15-12-28(57-20-8-19-56-3)21-31(40)33(49)23-35-42(40)14-7-11-27-24-47(27)39(51)32-22-29-30(25-48)37(58-36(29)38(50)46-32)45(54,55)41(2,52)34-13-16-44(35,53)43(34,18-17-42)26-9-5-4-6-10-26/h23,26-32,34,36-38,46,48,50,52-55H,4-6,8-13,15-22,24-25H2,1-3H3. The Morgan fingerprint density at radius 2 is 1.76 bits per heavy atom. The number of ether oxygens (including phenoxy) is 3. The van der Waals surface area contributed by atoms with Crippen LogP contribution >= 0.6 is 0 Å². The summed E-state index contributed by atoms with van der Waals surface area (Å²) < 4.78 is 17.9. The SMILES string of the molecule is COCCCOC1CCC2(C)C(C1)C(=O)C=C1C3(O)CCC4C(C)(O)C(O)(O)C5OC6C(O)NC(CC6C5CO)C(=O)N5CC5CC#CC12CCC43C1CCCCC1. The van der Waals surface area contributed by atoms with Gasteiger partial charge in [0.1, 0.15) is 24.0 Å². The second-order valence-electron chi connectivity index (χ2n) is 20.2. The smallest absolute Gasteiger partial charge is 0.240 e. The van der Waals surface area contributed by atoms with Gasteiger partial charge in [-0.3, -0.25) is 14.9 Å². The van der Waals surface area contributed by atoms with Crippen molar-refractivity contribution in [3.05, 3.63) is 11.6 Å². The number of piperidine rings is 1. The van der Waals surface area contributed by atoms with Crippen molar-refractivity contribution in [3.63, 3.8) is 0 Å². The highest BCUT2D eigenvalue weighted by Gasteiger charge is 2.78. The summed E-state index contributed by atoms with van der Waals surface area (Å²) in [4.78, 5) is 30.4. The largest absolute Gasteiger partial charge is 0.396 e. The van der Waals surface area contributed by atoms with Crippen LogP contribution in [0.3, 0.4) is 0 Å². The van der Waals surface area contributed by atoms with Gasteiger partial charge in [-0.25, -0.2) is 0 Å². The third-order valence-electron chi connectivity index (χ3n) is 17.9. The normalized spacial score (nSPS) is 49.6. The van der Waals surface area contributed by atoms with E-state index in [0.717, 1.165) is 44.9 Å². The molecule has 13 nitrogen and oxygen atoms in total. The Balaban J connectivity index is 1.19. The molecule has 5 aliphatic heterocycles. The maximum absolute atomic E-state index is 14.7. The maximum atomic E-state index is 14.7. The molecular weight excluding hydrogens is 744 g/mol. The van der Waals surface area contributed by atoms with Gasteiger partial charge in [0.2, 0.25) is 11.7 Å². The van der Waals surface area contributed by atoms with E-state index in [1.165, 1.54) is 6.92 Å². The molecule has 1 amide bonds. The Kier molecular flexibility index (Phi) is 10.4. The van der Waals surface area contributed by atoms with E-state index in [2.05, 4.69) is 24.1 Å². The molecule has 7 N–H and O–H groups in total. The number of carbonyl (C=O) groups is 2. The van der Waals surface area contributed by atoms with Crippen LogP contribution in [-0.2, 0) is 23.8 Å². The fraction of sp³-hybridized carbons (Fsp3) is 0.867. The van der Waals surface area contributed by atoms with Crippen LogP contribution in [0, 0.1) is 57.7 Å². The molecule has 7 fully saturated rings. The first-order valence-corrected chi connectivity index (χ1v) is 22.4. The summed E-state index contributed by atoms with van der Waals surface area (Å²) in [6.07, 6.45) is 7.18. The molecule has 0 aromatic heterocycles. The minimum atomic E-state index is -2.94. The lowest BCUT2D eigenvalue weighted by Crippen LogP contribution is -2.71. The van der Waals surface area contributed by atoms with E-state index >= 15 is 0 Å². The molecule has 5 aliphatic carbocycles. The number of rotatable bonds is 7. The summed E-state index contributed by atoms with van der Waals surface area (Å²) >= 11 is 0. The molecule has 0 aromatic carbocycles. The van der Waals surface area contributed by atoms with Gasteiger partial charge in [-0.15, -0.1) is 5.92 Å². The molecule has 4 saturated carbocycles. The maximum Gasteiger partial charge on any atom is 0.240 e. The van der Waals surface area contributed by atoms with Crippen LogP contribution in [0.2, 0.25) is 0 Å². The summed E-state index contributed by atoms with van der Waals surface area (Å²) in [6, 6.07) is -0.913. The van der Waals surface area contributed by atoms with Crippen LogP contribution in [-0.4, -0.2) is 134 Å². The number of aliphatic hydroxyl groups excluding tert-OH is 2. The number of ketones is 1. The number of nitrogens with one attached hydrogen (secondary N) is 1. The van der Waals surface area contributed by atoms with Crippen LogP contribution < -0.4 is 5.32 Å². The highest BCUT2D eigenvalue weighted by atomic mass is 16.6. The Morgan fingerprint density at radius 3 is 2.50 bits per heavy atom. The third-order valence-corrected chi connectivity index (χ3v) is 17.9. The highest BCUT2D eigenvalue weighted by molar-refractivity contribution is 5.96. The molecule has 10 aliphatic rings. The number of amides is 1. The molecule has 13 heteroatoms. The van der Waals surface area contributed by atoms with Gasteiger partial charge in [-0.05, 0) is 106 Å². The van der Waals surface area contributed by atoms with E-state index in [0.29, 0.717) is 57.4 Å². The molecule has 10 rings (SSSR count). The number of methoxy groups -OCH3 is 1. The number of aliphatic hydroxyl groups is 6. The zero-order valence-corrected chi connectivity index (χ0v) is 34.5. The first-order chi connectivity index (χ1) is 27.6. The van der Waals surface area contributed by atoms with Gasteiger partial charge in [-0.2, -0.15) is 0 Å². The molecule has 58 heavy (non-hydrogen) atoms. The van der Waals surface area contributed by atoms with Gasteiger partial charge >= 0.3 is 0 Å². The van der Waals surface area contributed by atoms with Crippen molar-refractivity contribution in [1.82, 2.24) is 10.2 Å². The first kappa shape index (κ1) is 41.4. The lowest BCUT2D eigenvalue weighted by Gasteiger charge is -2.67. The summed E-state index contributed by atoms with van der Waals surface area (Å²) in [5, 5.41) is 77.2. The Labute approximate surface area is 342 Å². The molecule has 3 saturated heterocycles. The van der Waals surface area contributed by atoms with Crippen molar-refractivity contribution in [2.24, 2.45) is 45.8 Å². The number of fused-ring (bicyclic) bond motifs is 4. The predicted molar refractivity (Wildman–Crippen MR) is 209 cm³/mol. The van der Waals surface area contributed by atoms with Crippen molar-refractivity contribution >= 4 is 11.7 Å². The molecule has 7 bridgehead atoms. The number of carbonyl (C=O) groups excluding carboxylic acids is 2. The van der Waals surface area contributed by atoms with Gasteiger partial charge < -0.3 is 49.7 Å². The van der Waals surface area contributed by atoms with Crippen LogP contribution in [0.5, 0.6) is 0 Å². The monoisotopic (exact) mass is 810 g/mol. The lowest BCUT2D eigenvalue weighted by atomic mass is 9.37. The van der Waals surface area contributed by atoms with E-state index < -0.39 is 82.1 Å². The summed E-state index contributed by atoms with van der Waals surface area (Å²) in [7, 11) is 1.67. The molecule has 1 spiro atoms. The fourth-order valence-electron chi connectivity index (χ4n) is 14.8. The summed E-state index contributed by atoms with van der Waals surface area (Å²) in [5.74, 6) is 1.34. The molecule has 15 unspecified atom stereocenters. The van der Waals surface area contributed by atoms with E-state index in [1.807, 2.05) is 0 Å². The van der Waals surface area contributed by atoms with E-state index in [1.54, 1.807) is 18.1 Å². The quantitative estimate of drug-likeness (QED) is 0.0856. The number of hydrogen-bond acceptors (Lipinski definition) is 12. The van der Waals surface area contributed by atoms with Gasteiger partial charge in [-0.1, -0.05) is 32.1 Å². The van der Waals surface area contributed by atoms with Crippen LogP contribution in [0.4, 0.5) is 0 Å². The van der Waals surface area contributed by atoms with E-state index in [-0.39, 0.29) is 54.9 Å². The molecule has 322 valence electrons. The van der Waals surface area contributed by atoms with Crippen LogP contribution in [0.25, 0.3) is 0 Å². The average molecular weight is 811 g/mol. The van der Waals surface area contributed by atoms with Crippen LogP contribution in [0.15, 0.2) is 11.6 Å². The second-order valence-corrected chi connectivity index (χ2v) is 20.2. The fourth-order valence-corrected chi connectivity index (χ4v) is 14.8. The Hall–Kier alpha value is -1.96. The van der Waals surface area contributed by atoms with Crippen molar-refractivity contribution < 1.29 is 54.4 Å². The minimum absolute atomic E-state index is 0.0410. The summed E-state index contributed by atoms with van der Waals surface area (Å²) in [5.41, 5.74) is -5.81. The highest BCUT2D eigenvalue weighted by Crippen LogP contribution is 2.76. The van der Waals surface area contributed by atoms with Crippen molar-refractivity contribution in [1.29, 1.82) is 0 Å². The van der Waals surface area contributed by atoms with Gasteiger partial charge in [0.05, 0.1) is 29.2 Å². The zero-order valence-electron chi connectivity index (χ0n) is 34.5. The van der Waals surface area contributed by atoms with E-state index in [4.69, 9.17) is 14.2 Å². The lowest BCUT2D eigenvalue weighted by molar-refractivity contribution is -0.349. The minimum Gasteiger partial charge on any atom is -0.396 e. The first-order valence-electron chi connectivity index (χ1n) is 22.4. The van der Waals surface area contributed by atoms with E-state index in [9.17, 15) is 40.2 Å². The number of allylic oxidation sites excluding steroid dienone is 1. The van der Waals surface area contributed by atoms with Crippen molar-refractivity contribution in [2.45, 2.75) is 164 Å². The predicted octanol–water partition coefficient (Wildman–Crippen LogP) is 1.93.